The van der Waals surface area contributed by atoms with Gasteiger partial charge in [-0.15, -0.1) is 0 Å². The largest absolute Gasteiger partial charge is 0.493 e. The molecule has 0 spiro atoms. The lowest BCUT2D eigenvalue weighted by molar-refractivity contribution is 0.355. The van der Waals surface area contributed by atoms with Gasteiger partial charge in [0.05, 0.1) is 14.2 Å². The molecule has 0 saturated heterocycles. The van der Waals surface area contributed by atoms with Crippen molar-refractivity contribution in [1.29, 1.82) is 0 Å². The number of anilines is 1. The molecule has 3 heteroatoms. The Bertz CT molecular complexity index is 522. The molecule has 0 fully saturated rings. The molecule has 2 rings (SSSR count). The Morgan fingerprint density at radius 2 is 1.81 bits per heavy atom. The summed E-state index contributed by atoms with van der Waals surface area (Å²) in [6.07, 6.45) is 4.86. The SMILES string of the molecule is COc1cc(C)c(NCC2CC(C)=CC(C)C2)cc1OC. The van der Waals surface area contributed by atoms with Gasteiger partial charge in [0.15, 0.2) is 11.5 Å². The van der Waals surface area contributed by atoms with E-state index in [1.165, 1.54) is 24.0 Å². The van der Waals surface area contributed by atoms with E-state index in [9.17, 15) is 0 Å². The highest BCUT2D eigenvalue weighted by molar-refractivity contribution is 5.60. The predicted molar refractivity (Wildman–Crippen MR) is 88.4 cm³/mol. The second-order valence-electron chi connectivity index (χ2n) is 6.20. The summed E-state index contributed by atoms with van der Waals surface area (Å²) in [5, 5.41) is 3.59. The van der Waals surface area contributed by atoms with Crippen LogP contribution in [0.15, 0.2) is 23.8 Å². The number of hydrogen-bond donors (Lipinski definition) is 1. The van der Waals surface area contributed by atoms with Gasteiger partial charge in [-0.25, -0.2) is 0 Å². The third kappa shape index (κ3) is 3.93. The van der Waals surface area contributed by atoms with Crippen LogP contribution in [-0.4, -0.2) is 20.8 Å². The zero-order valence-corrected chi connectivity index (χ0v) is 13.8. The Hall–Kier alpha value is -1.64. The molecule has 1 aliphatic rings. The highest BCUT2D eigenvalue weighted by Crippen LogP contribution is 2.34. The maximum Gasteiger partial charge on any atom is 0.162 e. The Labute approximate surface area is 128 Å². The lowest BCUT2D eigenvalue weighted by Crippen LogP contribution is -2.20. The number of hydrogen-bond acceptors (Lipinski definition) is 3. The van der Waals surface area contributed by atoms with Gasteiger partial charge in [0.1, 0.15) is 0 Å². The fourth-order valence-electron chi connectivity index (χ4n) is 3.27. The molecule has 0 aromatic heterocycles. The molecule has 1 aliphatic carbocycles. The monoisotopic (exact) mass is 289 g/mol. The zero-order chi connectivity index (χ0) is 15.4. The highest BCUT2D eigenvalue weighted by atomic mass is 16.5. The number of allylic oxidation sites excluding steroid dienone is 2. The van der Waals surface area contributed by atoms with Crippen molar-refractivity contribution in [2.24, 2.45) is 11.8 Å². The molecule has 1 aromatic rings. The molecule has 1 aromatic carbocycles. The molecule has 1 N–H and O–H groups in total. The molecule has 0 aliphatic heterocycles. The summed E-state index contributed by atoms with van der Waals surface area (Å²) in [7, 11) is 3.34. The van der Waals surface area contributed by atoms with E-state index < -0.39 is 0 Å². The molecular formula is C18H27NO2. The maximum absolute atomic E-state index is 5.38. The first-order valence-corrected chi connectivity index (χ1v) is 7.67. The Morgan fingerprint density at radius 1 is 1.14 bits per heavy atom. The van der Waals surface area contributed by atoms with Gasteiger partial charge in [0.25, 0.3) is 0 Å². The van der Waals surface area contributed by atoms with Gasteiger partial charge in [0.2, 0.25) is 0 Å². The average molecular weight is 289 g/mol. The molecule has 2 unspecified atom stereocenters. The van der Waals surface area contributed by atoms with Crippen molar-refractivity contribution < 1.29 is 9.47 Å². The first-order chi connectivity index (χ1) is 10.0. The summed E-state index contributed by atoms with van der Waals surface area (Å²) < 4.78 is 10.7. The normalized spacial score (nSPS) is 21.7. The van der Waals surface area contributed by atoms with Gasteiger partial charge in [-0.1, -0.05) is 18.6 Å². The maximum atomic E-state index is 5.38. The van der Waals surface area contributed by atoms with E-state index in [1.807, 2.05) is 12.1 Å². The standard InChI is InChI=1S/C18H27NO2/c1-12-6-13(2)8-15(7-12)11-19-16-10-18(21-5)17(20-4)9-14(16)3/h6,9-10,12,15,19H,7-8,11H2,1-5H3. The van der Waals surface area contributed by atoms with Crippen LogP contribution in [0.5, 0.6) is 11.5 Å². The van der Waals surface area contributed by atoms with Crippen molar-refractivity contribution in [2.75, 3.05) is 26.1 Å². The number of methoxy groups -OCH3 is 2. The lowest BCUT2D eigenvalue weighted by atomic mass is 9.83. The number of aryl methyl sites for hydroxylation is 1. The van der Waals surface area contributed by atoms with E-state index in [1.54, 1.807) is 14.2 Å². The van der Waals surface area contributed by atoms with E-state index >= 15 is 0 Å². The van der Waals surface area contributed by atoms with Gasteiger partial charge in [0, 0.05) is 18.3 Å². The molecule has 21 heavy (non-hydrogen) atoms. The van der Waals surface area contributed by atoms with Crippen LogP contribution in [0.1, 0.15) is 32.3 Å². The van der Waals surface area contributed by atoms with Gasteiger partial charge >= 0.3 is 0 Å². The van der Waals surface area contributed by atoms with Crippen molar-refractivity contribution in [1.82, 2.24) is 0 Å². The van der Waals surface area contributed by atoms with Crippen molar-refractivity contribution in [3.05, 3.63) is 29.3 Å². The summed E-state index contributed by atoms with van der Waals surface area (Å²) in [6.45, 7) is 7.65. The van der Waals surface area contributed by atoms with Crippen molar-refractivity contribution in [3.63, 3.8) is 0 Å². The molecule has 0 heterocycles. The lowest BCUT2D eigenvalue weighted by Gasteiger charge is -2.26. The first-order valence-electron chi connectivity index (χ1n) is 7.67. The Morgan fingerprint density at radius 3 is 2.43 bits per heavy atom. The molecule has 3 nitrogen and oxygen atoms in total. The van der Waals surface area contributed by atoms with Crippen LogP contribution in [-0.2, 0) is 0 Å². The summed E-state index contributed by atoms with van der Waals surface area (Å²) in [6, 6.07) is 4.05. The van der Waals surface area contributed by atoms with Crippen LogP contribution in [0.4, 0.5) is 5.69 Å². The number of benzene rings is 1. The molecule has 116 valence electrons. The van der Waals surface area contributed by atoms with Crippen LogP contribution in [0, 0.1) is 18.8 Å². The van der Waals surface area contributed by atoms with Gasteiger partial charge in [-0.2, -0.15) is 0 Å². The third-order valence-electron chi connectivity index (χ3n) is 4.20. The fraction of sp³-hybridized carbons (Fsp3) is 0.556. The predicted octanol–water partition coefficient (Wildman–Crippen LogP) is 4.42. The first kappa shape index (κ1) is 15.7. The van der Waals surface area contributed by atoms with Crippen molar-refractivity contribution in [2.45, 2.75) is 33.6 Å². The Balaban J connectivity index is 2.05. The van der Waals surface area contributed by atoms with Gasteiger partial charge in [-0.3, -0.25) is 0 Å². The molecule has 2 atom stereocenters. The zero-order valence-electron chi connectivity index (χ0n) is 13.8. The second kappa shape index (κ2) is 6.88. The summed E-state index contributed by atoms with van der Waals surface area (Å²) >= 11 is 0. The number of ether oxygens (including phenoxy) is 2. The second-order valence-corrected chi connectivity index (χ2v) is 6.20. The van der Waals surface area contributed by atoms with Crippen LogP contribution >= 0.6 is 0 Å². The highest BCUT2D eigenvalue weighted by Gasteiger charge is 2.18. The third-order valence-corrected chi connectivity index (χ3v) is 4.20. The van der Waals surface area contributed by atoms with Gasteiger partial charge < -0.3 is 14.8 Å². The minimum atomic E-state index is 0.692. The topological polar surface area (TPSA) is 30.5 Å². The van der Waals surface area contributed by atoms with Gasteiger partial charge in [-0.05, 0) is 50.2 Å². The molecular weight excluding hydrogens is 262 g/mol. The minimum absolute atomic E-state index is 0.692. The molecule has 0 saturated carbocycles. The summed E-state index contributed by atoms with van der Waals surface area (Å²) in [5.41, 5.74) is 3.83. The molecule has 0 radical (unpaired) electrons. The summed E-state index contributed by atoms with van der Waals surface area (Å²) in [5.74, 6) is 2.96. The van der Waals surface area contributed by atoms with Crippen LogP contribution in [0.25, 0.3) is 0 Å². The quantitative estimate of drug-likeness (QED) is 0.814. The van der Waals surface area contributed by atoms with Crippen LogP contribution < -0.4 is 14.8 Å². The molecule has 0 amide bonds. The fourth-order valence-corrected chi connectivity index (χ4v) is 3.27. The van der Waals surface area contributed by atoms with E-state index in [0.29, 0.717) is 11.8 Å². The average Bonchev–Trinajstić information content (AvgIpc) is 2.44. The molecule has 0 bridgehead atoms. The smallest absolute Gasteiger partial charge is 0.162 e. The minimum Gasteiger partial charge on any atom is -0.493 e. The summed E-state index contributed by atoms with van der Waals surface area (Å²) in [4.78, 5) is 0. The van der Waals surface area contributed by atoms with E-state index in [4.69, 9.17) is 9.47 Å². The van der Waals surface area contributed by atoms with E-state index in [-0.39, 0.29) is 0 Å². The number of rotatable bonds is 5. The van der Waals surface area contributed by atoms with E-state index in [2.05, 4.69) is 32.2 Å². The van der Waals surface area contributed by atoms with Crippen LogP contribution in [0.2, 0.25) is 0 Å². The van der Waals surface area contributed by atoms with Crippen molar-refractivity contribution in [3.8, 4) is 11.5 Å². The number of nitrogens with one attached hydrogen (secondary N) is 1. The van der Waals surface area contributed by atoms with Crippen molar-refractivity contribution >= 4 is 5.69 Å². The van der Waals surface area contributed by atoms with Crippen LogP contribution in [0.3, 0.4) is 0 Å². The van der Waals surface area contributed by atoms with E-state index in [0.717, 1.165) is 23.7 Å². The Kier molecular flexibility index (Phi) is 5.16.